The first-order valence-corrected chi connectivity index (χ1v) is 9.08. The van der Waals surface area contributed by atoms with Crippen molar-refractivity contribution in [1.82, 2.24) is 9.97 Å². The zero-order chi connectivity index (χ0) is 19.0. The molecule has 7 nitrogen and oxygen atoms in total. The highest BCUT2D eigenvalue weighted by atomic mass is 32.1. The predicted octanol–water partition coefficient (Wildman–Crippen LogP) is 2.44. The minimum atomic E-state index is -0.750. The number of aromatic nitrogens is 2. The normalized spacial score (nSPS) is 19.0. The van der Waals surface area contributed by atoms with Crippen molar-refractivity contribution >= 4 is 39.8 Å². The second-order valence-electron chi connectivity index (χ2n) is 6.66. The van der Waals surface area contributed by atoms with Crippen LogP contribution in [0.15, 0.2) is 18.3 Å². The van der Waals surface area contributed by atoms with Gasteiger partial charge < -0.3 is 10.2 Å². The Balaban J connectivity index is 1.88. The summed E-state index contributed by atoms with van der Waals surface area (Å²) < 4.78 is 0. The summed E-state index contributed by atoms with van der Waals surface area (Å²) in [6, 6.07) is 3.47. The number of anilines is 2. The molecular weight excluding hydrogens is 352 g/mol. The molecule has 1 aliphatic rings. The van der Waals surface area contributed by atoms with Crippen LogP contribution >= 0.6 is 11.3 Å². The number of carbonyl (C=O) groups excluding carboxylic acids is 3. The van der Waals surface area contributed by atoms with Gasteiger partial charge in [0.1, 0.15) is 5.82 Å². The van der Waals surface area contributed by atoms with Crippen molar-refractivity contribution < 1.29 is 14.4 Å². The minimum absolute atomic E-state index is 0.164. The lowest BCUT2D eigenvalue weighted by Gasteiger charge is -2.25. The molecule has 3 rings (SSSR count). The summed E-state index contributed by atoms with van der Waals surface area (Å²) >= 11 is 1.13. The maximum Gasteiger partial charge on any atom is 0.223 e. The highest BCUT2D eigenvalue weighted by Gasteiger charge is 2.40. The molecule has 0 spiro atoms. The maximum atomic E-state index is 12.9. The standard InChI is InChI=1S/C18H20N4O3S/c1-9-7-12-17(26-18(21-12)20-10(2)23)16(25)14(9)15(24)11-5-6-13(19-8-11)22(3)4/h5-6,8-9,14H,7H2,1-4H3,(H,20,21,23). The summed E-state index contributed by atoms with van der Waals surface area (Å²) in [7, 11) is 3.74. The molecule has 2 unspecified atom stereocenters. The van der Waals surface area contributed by atoms with Gasteiger partial charge in [0.15, 0.2) is 16.7 Å². The van der Waals surface area contributed by atoms with Crippen molar-refractivity contribution in [2.24, 2.45) is 11.8 Å². The van der Waals surface area contributed by atoms with Gasteiger partial charge in [0, 0.05) is 32.8 Å². The van der Waals surface area contributed by atoms with Crippen LogP contribution in [0.5, 0.6) is 0 Å². The van der Waals surface area contributed by atoms with E-state index in [-0.39, 0.29) is 23.4 Å². The fourth-order valence-corrected chi connectivity index (χ4v) is 4.08. The molecule has 0 saturated heterocycles. The molecular formula is C18H20N4O3S. The molecule has 26 heavy (non-hydrogen) atoms. The Hall–Kier alpha value is -2.61. The number of thiazole rings is 1. The van der Waals surface area contributed by atoms with Crippen LogP contribution in [-0.4, -0.2) is 41.5 Å². The Morgan fingerprint density at radius 1 is 1.31 bits per heavy atom. The molecule has 1 aliphatic carbocycles. The van der Waals surface area contributed by atoms with Crippen molar-refractivity contribution in [2.75, 3.05) is 24.3 Å². The maximum absolute atomic E-state index is 12.9. The van der Waals surface area contributed by atoms with Gasteiger partial charge in [-0.25, -0.2) is 9.97 Å². The number of fused-ring (bicyclic) bond motifs is 1. The number of Topliss-reactive ketones (excluding diaryl/α,β-unsaturated/α-hetero) is 2. The first-order valence-electron chi connectivity index (χ1n) is 8.27. The molecule has 0 bridgehead atoms. The second-order valence-corrected chi connectivity index (χ2v) is 7.66. The van der Waals surface area contributed by atoms with E-state index in [9.17, 15) is 14.4 Å². The Morgan fingerprint density at radius 3 is 2.62 bits per heavy atom. The third-order valence-electron chi connectivity index (χ3n) is 4.34. The van der Waals surface area contributed by atoms with E-state index in [0.29, 0.717) is 27.7 Å². The second kappa shape index (κ2) is 6.95. The van der Waals surface area contributed by atoms with Crippen LogP contribution in [0, 0.1) is 11.8 Å². The van der Waals surface area contributed by atoms with Crippen LogP contribution in [0.3, 0.4) is 0 Å². The lowest BCUT2D eigenvalue weighted by atomic mass is 9.77. The number of pyridine rings is 1. The van der Waals surface area contributed by atoms with E-state index in [1.54, 1.807) is 12.1 Å². The van der Waals surface area contributed by atoms with E-state index >= 15 is 0 Å². The van der Waals surface area contributed by atoms with E-state index < -0.39 is 5.92 Å². The summed E-state index contributed by atoms with van der Waals surface area (Å²) in [6.45, 7) is 3.27. The van der Waals surface area contributed by atoms with E-state index in [2.05, 4.69) is 15.3 Å². The fourth-order valence-electron chi connectivity index (χ4n) is 3.06. The molecule has 2 atom stereocenters. The number of amides is 1. The van der Waals surface area contributed by atoms with Crippen LogP contribution in [0.1, 0.15) is 39.6 Å². The highest BCUT2D eigenvalue weighted by molar-refractivity contribution is 7.17. The summed E-state index contributed by atoms with van der Waals surface area (Å²) in [6.07, 6.45) is 2.04. The zero-order valence-electron chi connectivity index (χ0n) is 15.1. The summed E-state index contributed by atoms with van der Waals surface area (Å²) in [4.78, 5) is 48.0. The first-order chi connectivity index (χ1) is 12.3. The largest absolute Gasteiger partial charge is 0.363 e. The number of nitrogens with zero attached hydrogens (tertiary/aromatic N) is 3. The van der Waals surface area contributed by atoms with Crippen LogP contribution < -0.4 is 10.2 Å². The smallest absolute Gasteiger partial charge is 0.223 e. The molecule has 8 heteroatoms. The van der Waals surface area contributed by atoms with Gasteiger partial charge in [0.25, 0.3) is 0 Å². The molecule has 0 radical (unpaired) electrons. The SMILES string of the molecule is CC(=O)Nc1nc2c(s1)C(=O)C(C(=O)c1ccc(N(C)C)nc1)C(C)C2. The number of nitrogens with one attached hydrogen (secondary N) is 1. The number of carbonyl (C=O) groups is 3. The Morgan fingerprint density at radius 2 is 2.04 bits per heavy atom. The predicted molar refractivity (Wildman–Crippen MR) is 100 cm³/mol. The molecule has 2 heterocycles. The summed E-state index contributed by atoms with van der Waals surface area (Å²) in [5.74, 6) is -0.857. The topological polar surface area (TPSA) is 92.3 Å². The van der Waals surface area contributed by atoms with E-state index in [1.807, 2.05) is 25.9 Å². The molecule has 0 fully saturated rings. The van der Waals surface area contributed by atoms with E-state index in [1.165, 1.54) is 13.1 Å². The average Bonchev–Trinajstić information content (AvgIpc) is 2.96. The van der Waals surface area contributed by atoms with Gasteiger partial charge in [0.05, 0.1) is 16.5 Å². The van der Waals surface area contributed by atoms with Gasteiger partial charge in [-0.2, -0.15) is 0 Å². The van der Waals surface area contributed by atoms with Crippen molar-refractivity contribution in [3.8, 4) is 0 Å². The Bertz CT molecular complexity index is 873. The van der Waals surface area contributed by atoms with E-state index in [4.69, 9.17) is 0 Å². The van der Waals surface area contributed by atoms with Crippen molar-refractivity contribution in [3.63, 3.8) is 0 Å². The van der Waals surface area contributed by atoms with Gasteiger partial charge in [-0.1, -0.05) is 18.3 Å². The van der Waals surface area contributed by atoms with Crippen molar-refractivity contribution in [1.29, 1.82) is 0 Å². The first kappa shape index (κ1) is 18.2. The molecule has 2 aromatic rings. The zero-order valence-corrected chi connectivity index (χ0v) is 15.9. The van der Waals surface area contributed by atoms with E-state index in [0.717, 1.165) is 17.2 Å². The van der Waals surface area contributed by atoms with Crippen LogP contribution in [-0.2, 0) is 11.2 Å². The average molecular weight is 372 g/mol. The number of rotatable bonds is 4. The van der Waals surface area contributed by atoms with Gasteiger partial charge in [0.2, 0.25) is 5.91 Å². The fraction of sp³-hybridized carbons (Fsp3) is 0.389. The lowest BCUT2D eigenvalue weighted by molar-refractivity contribution is -0.114. The monoisotopic (exact) mass is 372 g/mol. The molecule has 0 aliphatic heterocycles. The summed E-state index contributed by atoms with van der Waals surface area (Å²) in [5.41, 5.74) is 1.08. The molecule has 0 aromatic carbocycles. The quantitative estimate of drug-likeness (QED) is 0.655. The minimum Gasteiger partial charge on any atom is -0.363 e. The number of ketones is 2. The molecule has 1 amide bonds. The highest BCUT2D eigenvalue weighted by Crippen LogP contribution is 2.36. The van der Waals surface area contributed by atoms with Crippen molar-refractivity contribution in [2.45, 2.75) is 20.3 Å². The Labute approximate surface area is 155 Å². The summed E-state index contributed by atoms with van der Waals surface area (Å²) in [5, 5.41) is 3.00. The molecule has 1 N–H and O–H groups in total. The van der Waals surface area contributed by atoms with Crippen LogP contribution in [0.25, 0.3) is 0 Å². The third-order valence-corrected chi connectivity index (χ3v) is 5.37. The number of hydrogen-bond donors (Lipinski definition) is 1. The third kappa shape index (κ3) is 3.37. The molecule has 136 valence electrons. The van der Waals surface area contributed by atoms with Gasteiger partial charge in [-0.05, 0) is 24.5 Å². The van der Waals surface area contributed by atoms with Crippen LogP contribution in [0.4, 0.5) is 10.9 Å². The lowest BCUT2D eigenvalue weighted by Crippen LogP contribution is -2.35. The molecule has 2 aromatic heterocycles. The van der Waals surface area contributed by atoms with Crippen molar-refractivity contribution in [3.05, 3.63) is 34.5 Å². The van der Waals surface area contributed by atoms with Gasteiger partial charge in [-0.15, -0.1) is 0 Å². The Kier molecular flexibility index (Phi) is 4.86. The van der Waals surface area contributed by atoms with Crippen LogP contribution in [0.2, 0.25) is 0 Å². The van der Waals surface area contributed by atoms with Gasteiger partial charge in [-0.3, -0.25) is 14.4 Å². The van der Waals surface area contributed by atoms with Gasteiger partial charge >= 0.3 is 0 Å². The molecule has 0 saturated carbocycles. The number of hydrogen-bond acceptors (Lipinski definition) is 7.